The molecule has 0 aliphatic rings. The summed E-state index contributed by atoms with van der Waals surface area (Å²) in [5, 5.41) is 2.74. The number of nitrogens with one attached hydrogen (secondary N) is 1. The Morgan fingerprint density at radius 3 is 2.46 bits per heavy atom. The van der Waals surface area contributed by atoms with E-state index in [4.69, 9.17) is 9.47 Å². The van der Waals surface area contributed by atoms with Crippen LogP contribution in [0.4, 0.5) is 18.0 Å². The number of carbonyl (C=O) groups is 2. The second kappa shape index (κ2) is 8.07. The number of aromatic nitrogens is 2. The lowest BCUT2D eigenvalue weighted by Crippen LogP contribution is -2.34. The first kappa shape index (κ1) is 21.5. The number of halogens is 3. The average Bonchev–Trinajstić information content (AvgIpc) is 2.91. The minimum Gasteiger partial charge on any atom is -0.461 e. The van der Waals surface area contributed by atoms with Gasteiger partial charge in [0, 0.05) is 18.5 Å². The third-order valence-electron chi connectivity index (χ3n) is 3.57. The molecule has 0 aliphatic carbocycles. The maximum Gasteiger partial charge on any atom is 0.433 e. The average molecular weight is 401 g/mol. The van der Waals surface area contributed by atoms with Crippen LogP contribution in [0.3, 0.4) is 0 Å². The molecule has 0 saturated heterocycles. The molecule has 10 heteroatoms. The highest BCUT2D eigenvalue weighted by molar-refractivity contribution is 5.95. The molecule has 1 N–H and O–H groups in total. The van der Waals surface area contributed by atoms with Crippen LogP contribution in [0.25, 0.3) is 10.9 Å². The Kier molecular flexibility index (Phi) is 6.20. The van der Waals surface area contributed by atoms with E-state index < -0.39 is 29.5 Å². The highest BCUT2D eigenvalue weighted by Crippen LogP contribution is 2.30. The summed E-state index contributed by atoms with van der Waals surface area (Å²) in [6.07, 6.45) is -4.19. The number of amides is 1. The molecule has 28 heavy (non-hydrogen) atoms. The first-order valence-corrected chi connectivity index (χ1v) is 8.63. The van der Waals surface area contributed by atoms with Crippen molar-refractivity contribution in [1.82, 2.24) is 14.9 Å². The fourth-order valence-corrected chi connectivity index (χ4v) is 2.51. The van der Waals surface area contributed by atoms with Gasteiger partial charge in [0.15, 0.2) is 0 Å². The van der Waals surface area contributed by atoms with E-state index in [0.717, 1.165) is 12.3 Å². The monoisotopic (exact) mass is 401 g/mol. The van der Waals surface area contributed by atoms with Crippen molar-refractivity contribution >= 4 is 23.0 Å². The first-order valence-electron chi connectivity index (χ1n) is 8.63. The Morgan fingerprint density at radius 2 is 1.89 bits per heavy atom. The summed E-state index contributed by atoms with van der Waals surface area (Å²) < 4.78 is 50.3. The quantitative estimate of drug-likeness (QED) is 0.772. The molecule has 0 saturated carbocycles. The Bertz CT molecular complexity index is 869. The summed E-state index contributed by atoms with van der Waals surface area (Å²) in [5.41, 5.74) is -1.33. The van der Waals surface area contributed by atoms with Crippen molar-refractivity contribution < 1.29 is 32.2 Å². The molecule has 7 nitrogen and oxygen atoms in total. The molecule has 0 bridgehead atoms. The van der Waals surface area contributed by atoms with Crippen molar-refractivity contribution in [3.8, 4) is 0 Å². The Hall–Kier alpha value is -2.78. The molecule has 0 fully saturated rings. The highest BCUT2D eigenvalue weighted by Gasteiger charge is 2.33. The molecule has 2 aromatic rings. The van der Waals surface area contributed by atoms with Gasteiger partial charge in [-0.25, -0.2) is 14.6 Å². The third kappa shape index (κ3) is 5.37. The number of pyridine rings is 1. The molecular formula is C18H22F3N3O4. The molecule has 2 aromatic heterocycles. The first-order chi connectivity index (χ1) is 12.9. The number of hydrogen-bond acceptors (Lipinski definition) is 5. The van der Waals surface area contributed by atoms with Gasteiger partial charge in [-0.2, -0.15) is 13.2 Å². The predicted molar refractivity (Wildman–Crippen MR) is 94.9 cm³/mol. The van der Waals surface area contributed by atoms with Crippen LogP contribution in [0.1, 0.15) is 43.9 Å². The van der Waals surface area contributed by atoms with E-state index in [1.807, 2.05) is 0 Å². The lowest BCUT2D eigenvalue weighted by molar-refractivity contribution is -0.141. The van der Waals surface area contributed by atoms with Gasteiger partial charge in [0.2, 0.25) is 0 Å². The molecule has 0 unspecified atom stereocenters. The molecular weight excluding hydrogens is 379 g/mol. The number of alkyl halides is 3. The second-order valence-electron chi connectivity index (χ2n) is 6.96. The maximum absolute atomic E-state index is 12.9. The van der Waals surface area contributed by atoms with Crippen LogP contribution in [0.2, 0.25) is 0 Å². The van der Waals surface area contributed by atoms with Gasteiger partial charge in [0.05, 0.1) is 18.3 Å². The van der Waals surface area contributed by atoms with Gasteiger partial charge in [-0.1, -0.05) is 0 Å². The number of nitrogens with zero attached hydrogens (tertiary/aromatic N) is 2. The predicted octanol–water partition coefficient (Wildman–Crippen LogP) is 3.76. The van der Waals surface area contributed by atoms with Gasteiger partial charge in [0.25, 0.3) is 0 Å². The van der Waals surface area contributed by atoms with Crippen molar-refractivity contribution in [3.63, 3.8) is 0 Å². The molecule has 2 rings (SSSR count). The van der Waals surface area contributed by atoms with E-state index in [9.17, 15) is 22.8 Å². The summed E-state index contributed by atoms with van der Waals surface area (Å²) in [7, 11) is 0. The summed E-state index contributed by atoms with van der Waals surface area (Å²) >= 11 is 0. The van der Waals surface area contributed by atoms with Gasteiger partial charge in [-0.3, -0.25) is 0 Å². The standard InChI is InChI=1S/C18H22F3N3O4/c1-5-27-15(25)12-8-11-9-14(18(19,20)21)23-10-13(11)24(12)7-6-22-16(26)28-17(2,3)4/h8-10H,5-7H2,1-4H3,(H,22,26). The summed E-state index contributed by atoms with van der Waals surface area (Å²) in [5.74, 6) is -0.676. The van der Waals surface area contributed by atoms with Crippen molar-refractivity contribution in [1.29, 1.82) is 0 Å². The fraction of sp³-hybridized carbons (Fsp3) is 0.500. The van der Waals surface area contributed by atoms with Crippen molar-refractivity contribution in [3.05, 3.63) is 29.7 Å². The zero-order valence-corrected chi connectivity index (χ0v) is 16.0. The Labute approximate surface area is 159 Å². The van der Waals surface area contributed by atoms with Crippen LogP contribution in [0.15, 0.2) is 18.3 Å². The number of carbonyl (C=O) groups excluding carboxylic acids is 2. The topological polar surface area (TPSA) is 82.5 Å². The molecule has 154 valence electrons. The highest BCUT2D eigenvalue weighted by atomic mass is 19.4. The van der Waals surface area contributed by atoms with Crippen molar-refractivity contribution in [2.24, 2.45) is 0 Å². The van der Waals surface area contributed by atoms with E-state index in [1.54, 1.807) is 27.7 Å². The second-order valence-corrected chi connectivity index (χ2v) is 6.96. The summed E-state index contributed by atoms with van der Waals surface area (Å²) in [4.78, 5) is 27.4. The van der Waals surface area contributed by atoms with Crippen molar-refractivity contribution in [2.75, 3.05) is 13.2 Å². The molecule has 2 heterocycles. The number of ether oxygens (including phenoxy) is 2. The summed E-state index contributed by atoms with van der Waals surface area (Å²) in [6, 6.07) is 2.19. The number of fused-ring (bicyclic) bond motifs is 1. The van der Waals surface area contributed by atoms with E-state index in [0.29, 0.717) is 5.52 Å². The van der Waals surface area contributed by atoms with Gasteiger partial charge in [-0.05, 0) is 39.8 Å². The molecule has 0 aliphatic heterocycles. The van der Waals surface area contributed by atoms with E-state index in [1.165, 1.54) is 10.6 Å². The number of esters is 1. The van der Waals surface area contributed by atoms with Crippen LogP contribution in [-0.4, -0.2) is 40.4 Å². The smallest absolute Gasteiger partial charge is 0.433 e. The fourth-order valence-electron chi connectivity index (χ4n) is 2.51. The molecule has 0 spiro atoms. The van der Waals surface area contributed by atoms with Gasteiger partial charge in [-0.15, -0.1) is 0 Å². The minimum absolute atomic E-state index is 0.0731. The van der Waals surface area contributed by atoms with Crippen LogP contribution in [0.5, 0.6) is 0 Å². The van der Waals surface area contributed by atoms with Crippen LogP contribution in [-0.2, 0) is 22.2 Å². The number of rotatable bonds is 5. The van der Waals surface area contributed by atoms with Gasteiger partial charge >= 0.3 is 18.2 Å². The lowest BCUT2D eigenvalue weighted by atomic mass is 10.2. The zero-order valence-electron chi connectivity index (χ0n) is 16.0. The maximum atomic E-state index is 12.9. The van der Waals surface area contributed by atoms with Gasteiger partial charge < -0.3 is 19.4 Å². The number of alkyl carbamates (subject to hydrolysis) is 1. The van der Waals surface area contributed by atoms with E-state index >= 15 is 0 Å². The normalized spacial score (nSPS) is 12.1. The largest absolute Gasteiger partial charge is 0.461 e. The molecule has 1 amide bonds. The van der Waals surface area contributed by atoms with Crippen LogP contribution < -0.4 is 5.32 Å². The number of hydrogen-bond donors (Lipinski definition) is 1. The Morgan fingerprint density at radius 1 is 1.21 bits per heavy atom. The van der Waals surface area contributed by atoms with Crippen LogP contribution in [0, 0.1) is 0 Å². The minimum atomic E-state index is -4.60. The Balaban J connectivity index is 2.29. The summed E-state index contributed by atoms with van der Waals surface area (Å²) in [6.45, 7) is 7.09. The molecule has 0 aromatic carbocycles. The van der Waals surface area contributed by atoms with E-state index in [-0.39, 0.29) is 30.8 Å². The zero-order chi connectivity index (χ0) is 21.1. The van der Waals surface area contributed by atoms with Crippen LogP contribution >= 0.6 is 0 Å². The van der Waals surface area contributed by atoms with Gasteiger partial charge in [0.1, 0.15) is 17.0 Å². The lowest BCUT2D eigenvalue weighted by Gasteiger charge is -2.20. The van der Waals surface area contributed by atoms with E-state index in [2.05, 4.69) is 10.3 Å². The molecule has 0 atom stereocenters. The SMILES string of the molecule is CCOC(=O)c1cc2cc(C(F)(F)F)ncc2n1CCNC(=O)OC(C)(C)C. The van der Waals surface area contributed by atoms with Crippen molar-refractivity contribution in [2.45, 2.75) is 46.0 Å². The molecule has 0 radical (unpaired) electrons. The third-order valence-corrected chi connectivity index (χ3v) is 3.57.